The van der Waals surface area contributed by atoms with Crippen LogP contribution in [0, 0.1) is 5.92 Å². The van der Waals surface area contributed by atoms with Crippen molar-refractivity contribution >= 4 is 28.0 Å². The zero-order chi connectivity index (χ0) is 24.4. The lowest BCUT2D eigenvalue weighted by Crippen LogP contribution is -2.33. The highest BCUT2D eigenvalue weighted by molar-refractivity contribution is 7.13. The maximum absolute atomic E-state index is 12.6. The normalized spacial score (nSPS) is 14.9. The van der Waals surface area contributed by atoms with Gasteiger partial charge in [-0.3, -0.25) is 9.48 Å². The quantitative estimate of drug-likeness (QED) is 0.380. The van der Waals surface area contributed by atoms with Gasteiger partial charge in [0.05, 0.1) is 35.1 Å². The van der Waals surface area contributed by atoms with Gasteiger partial charge in [-0.15, -0.1) is 11.3 Å². The molecule has 35 heavy (non-hydrogen) atoms. The second-order valence-electron chi connectivity index (χ2n) is 10.2. The lowest BCUT2D eigenvalue weighted by atomic mass is 10.0. The second-order valence-corrected chi connectivity index (χ2v) is 11.1. The molecule has 0 atom stereocenters. The third-order valence-electron chi connectivity index (χ3n) is 6.48. The SMILES string of the molecule is CC(C)(C)n1ncc(-c2nc(CC(=O)NCC3CCOCC3)cs2)c1-c1ccc2ccccc2c1. The lowest BCUT2D eigenvalue weighted by molar-refractivity contribution is -0.120. The number of benzene rings is 2. The molecule has 0 spiro atoms. The number of carbonyl (C=O) groups is 1. The van der Waals surface area contributed by atoms with E-state index in [-0.39, 0.29) is 11.4 Å². The Morgan fingerprint density at radius 2 is 1.91 bits per heavy atom. The molecule has 6 nitrogen and oxygen atoms in total. The van der Waals surface area contributed by atoms with E-state index in [4.69, 9.17) is 14.8 Å². The summed E-state index contributed by atoms with van der Waals surface area (Å²) in [5.41, 5.74) is 3.75. The van der Waals surface area contributed by atoms with Crippen LogP contribution in [0.4, 0.5) is 0 Å². The third-order valence-corrected chi connectivity index (χ3v) is 7.40. The number of hydrogen-bond acceptors (Lipinski definition) is 5. The molecule has 1 amide bonds. The van der Waals surface area contributed by atoms with Gasteiger partial charge < -0.3 is 10.1 Å². The number of nitrogens with zero attached hydrogens (tertiary/aromatic N) is 3. The smallest absolute Gasteiger partial charge is 0.226 e. The highest BCUT2D eigenvalue weighted by Gasteiger charge is 2.25. The van der Waals surface area contributed by atoms with E-state index in [1.165, 1.54) is 10.8 Å². The molecule has 0 unspecified atom stereocenters. The van der Waals surface area contributed by atoms with Crippen LogP contribution in [-0.2, 0) is 21.5 Å². The number of aromatic nitrogens is 3. The number of nitrogens with one attached hydrogen (secondary N) is 1. The van der Waals surface area contributed by atoms with Crippen LogP contribution in [-0.4, -0.2) is 40.4 Å². The molecule has 2 aromatic heterocycles. The van der Waals surface area contributed by atoms with Gasteiger partial charge in [-0.25, -0.2) is 4.98 Å². The minimum absolute atomic E-state index is 0.0217. The number of fused-ring (bicyclic) bond motifs is 1. The van der Waals surface area contributed by atoms with Gasteiger partial charge in [0, 0.05) is 30.7 Å². The first-order chi connectivity index (χ1) is 16.9. The Labute approximate surface area is 210 Å². The molecule has 182 valence electrons. The largest absolute Gasteiger partial charge is 0.381 e. The molecule has 0 radical (unpaired) electrons. The Kier molecular flexibility index (Phi) is 6.71. The zero-order valence-electron chi connectivity index (χ0n) is 20.6. The van der Waals surface area contributed by atoms with Crippen molar-refractivity contribution in [2.24, 2.45) is 5.92 Å². The predicted molar refractivity (Wildman–Crippen MR) is 142 cm³/mol. The Balaban J connectivity index is 1.40. The lowest BCUT2D eigenvalue weighted by Gasteiger charge is -2.23. The van der Waals surface area contributed by atoms with Crippen LogP contribution in [0.2, 0.25) is 0 Å². The molecule has 5 rings (SSSR count). The monoisotopic (exact) mass is 488 g/mol. The van der Waals surface area contributed by atoms with Crippen LogP contribution in [0.25, 0.3) is 32.6 Å². The zero-order valence-corrected chi connectivity index (χ0v) is 21.4. The summed E-state index contributed by atoms with van der Waals surface area (Å²) >= 11 is 1.57. The highest BCUT2D eigenvalue weighted by Crippen LogP contribution is 2.37. The number of hydrogen-bond donors (Lipinski definition) is 1. The van der Waals surface area contributed by atoms with Crippen LogP contribution in [0.5, 0.6) is 0 Å². The fraction of sp³-hybridized carbons (Fsp3) is 0.393. The first kappa shape index (κ1) is 23.7. The van der Waals surface area contributed by atoms with Crippen LogP contribution in [0.15, 0.2) is 54.0 Å². The molecular weight excluding hydrogens is 456 g/mol. The molecule has 0 saturated carbocycles. The van der Waals surface area contributed by atoms with Crippen molar-refractivity contribution < 1.29 is 9.53 Å². The van der Waals surface area contributed by atoms with Gasteiger partial charge in [0.1, 0.15) is 5.01 Å². The molecule has 4 aromatic rings. The van der Waals surface area contributed by atoms with Crippen molar-refractivity contribution in [3.05, 3.63) is 59.7 Å². The molecule has 0 bridgehead atoms. The fourth-order valence-electron chi connectivity index (χ4n) is 4.58. The minimum atomic E-state index is -0.191. The summed E-state index contributed by atoms with van der Waals surface area (Å²) in [6.45, 7) is 8.76. The third kappa shape index (κ3) is 5.31. The van der Waals surface area contributed by atoms with Crippen molar-refractivity contribution in [2.75, 3.05) is 19.8 Å². The molecule has 1 N–H and O–H groups in total. The minimum Gasteiger partial charge on any atom is -0.381 e. The average molecular weight is 489 g/mol. The molecule has 1 aliphatic heterocycles. The van der Waals surface area contributed by atoms with Crippen LogP contribution < -0.4 is 5.32 Å². The first-order valence-electron chi connectivity index (χ1n) is 12.3. The van der Waals surface area contributed by atoms with Crippen molar-refractivity contribution in [1.82, 2.24) is 20.1 Å². The van der Waals surface area contributed by atoms with Gasteiger partial charge in [-0.1, -0.05) is 36.4 Å². The van der Waals surface area contributed by atoms with Gasteiger partial charge in [-0.05, 0) is 56.4 Å². The van der Waals surface area contributed by atoms with E-state index in [0.29, 0.717) is 18.9 Å². The Morgan fingerprint density at radius 1 is 1.14 bits per heavy atom. The van der Waals surface area contributed by atoms with Crippen LogP contribution in [0.1, 0.15) is 39.3 Å². The molecule has 0 aliphatic carbocycles. The molecule has 2 aromatic carbocycles. The molecular formula is C28H32N4O2S. The highest BCUT2D eigenvalue weighted by atomic mass is 32.1. The summed E-state index contributed by atoms with van der Waals surface area (Å²) in [5.74, 6) is 0.528. The van der Waals surface area contributed by atoms with Crippen LogP contribution in [0.3, 0.4) is 0 Å². The fourth-order valence-corrected chi connectivity index (χ4v) is 5.41. The van der Waals surface area contributed by atoms with E-state index < -0.39 is 0 Å². The number of amides is 1. The maximum atomic E-state index is 12.6. The van der Waals surface area contributed by atoms with Crippen molar-refractivity contribution in [2.45, 2.75) is 45.6 Å². The summed E-state index contributed by atoms with van der Waals surface area (Å²) in [4.78, 5) is 17.4. The van der Waals surface area contributed by atoms with E-state index in [9.17, 15) is 4.79 Å². The van der Waals surface area contributed by atoms with E-state index in [2.05, 4.69) is 73.2 Å². The van der Waals surface area contributed by atoms with E-state index in [0.717, 1.165) is 53.6 Å². The summed E-state index contributed by atoms with van der Waals surface area (Å²) < 4.78 is 7.48. The summed E-state index contributed by atoms with van der Waals surface area (Å²) in [5, 5.41) is 13.1. The first-order valence-corrected chi connectivity index (χ1v) is 13.1. The van der Waals surface area contributed by atoms with Gasteiger partial charge in [0.2, 0.25) is 5.91 Å². The maximum Gasteiger partial charge on any atom is 0.226 e. The van der Waals surface area contributed by atoms with E-state index in [1.54, 1.807) is 11.3 Å². The Morgan fingerprint density at radius 3 is 2.69 bits per heavy atom. The van der Waals surface area contributed by atoms with Crippen molar-refractivity contribution in [3.63, 3.8) is 0 Å². The van der Waals surface area contributed by atoms with Gasteiger partial charge in [0.15, 0.2) is 0 Å². The Bertz CT molecular complexity index is 1330. The predicted octanol–water partition coefficient (Wildman–Crippen LogP) is 5.67. The van der Waals surface area contributed by atoms with Gasteiger partial charge >= 0.3 is 0 Å². The average Bonchev–Trinajstić information content (AvgIpc) is 3.50. The van der Waals surface area contributed by atoms with Crippen LogP contribution >= 0.6 is 11.3 Å². The van der Waals surface area contributed by atoms with Gasteiger partial charge in [-0.2, -0.15) is 5.10 Å². The summed E-state index contributed by atoms with van der Waals surface area (Å²) in [7, 11) is 0. The van der Waals surface area contributed by atoms with Gasteiger partial charge in [0.25, 0.3) is 0 Å². The topological polar surface area (TPSA) is 69.0 Å². The number of thiazole rings is 1. The number of carbonyl (C=O) groups excluding carboxylic acids is 1. The second kappa shape index (κ2) is 9.91. The summed E-state index contributed by atoms with van der Waals surface area (Å²) in [6.07, 6.45) is 4.22. The van der Waals surface area contributed by atoms with Crippen molar-refractivity contribution in [3.8, 4) is 21.8 Å². The Hall–Kier alpha value is -3.03. The standard InChI is InChI=1S/C28H32N4O2S/c1-28(2,3)32-26(22-9-8-20-6-4-5-7-21(20)14-22)24(17-30-32)27-31-23(18-35-27)15-25(33)29-16-19-10-12-34-13-11-19/h4-9,14,17-19H,10-13,15-16H2,1-3H3,(H,29,33). The molecule has 1 saturated heterocycles. The number of rotatable bonds is 6. The molecule has 1 fully saturated rings. The van der Waals surface area contributed by atoms with E-state index >= 15 is 0 Å². The summed E-state index contributed by atoms with van der Waals surface area (Å²) in [6, 6.07) is 14.9. The van der Waals surface area contributed by atoms with Crippen molar-refractivity contribution in [1.29, 1.82) is 0 Å². The number of ether oxygens (including phenoxy) is 1. The molecule has 3 heterocycles. The molecule has 7 heteroatoms. The van der Waals surface area contributed by atoms with E-state index in [1.807, 2.05) is 11.6 Å². The molecule has 1 aliphatic rings.